The number of hydrogen-bond donors (Lipinski definition) is 1. The van der Waals surface area contributed by atoms with E-state index >= 15 is 0 Å². The maximum atomic E-state index is 13.6. The van der Waals surface area contributed by atoms with Crippen LogP contribution < -0.4 is 5.32 Å². The van der Waals surface area contributed by atoms with Gasteiger partial charge in [-0.1, -0.05) is 11.8 Å². The van der Waals surface area contributed by atoms with Crippen molar-refractivity contribution in [1.29, 1.82) is 0 Å². The van der Waals surface area contributed by atoms with Crippen molar-refractivity contribution in [2.45, 2.75) is 37.5 Å². The Bertz CT molecular complexity index is 999. The van der Waals surface area contributed by atoms with Crippen LogP contribution in [0.4, 0.5) is 8.78 Å². The number of aromatic nitrogens is 4. The summed E-state index contributed by atoms with van der Waals surface area (Å²) in [5.74, 6) is -0.887. The summed E-state index contributed by atoms with van der Waals surface area (Å²) in [6, 6.07) is 3.10. The van der Waals surface area contributed by atoms with E-state index in [1.807, 2.05) is 0 Å². The predicted molar refractivity (Wildman–Crippen MR) is 97.1 cm³/mol. The molecule has 10 heteroatoms. The fourth-order valence-electron chi connectivity index (χ4n) is 3.29. The molecule has 1 N–H and O–H groups in total. The standard InChI is InChI=1S/C18H17F2N5O2S/c1-10-23-24-18(27-10)28-9-17(26)22-15-3-2-4-16-14(15)8-21-25(16)13-6-11(19)5-12(20)7-13/h5-8,15H,2-4,9H2,1H3,(H,22,26)/t15-/m0/s1. The number of fused-ring (bicyclic) bond motifs is 1. The van der Waals surface area contributed by atoms with Crippen LogP contribution in [-0.4, -0.2) is 31.6 Å². The van der Waals surface area contributed by atoms with E-state index in [1.165, 1.54) is 28.6 Å². The van der Waals surface area contributed by atoms with Crippen LogP contribution in [0.1, 0.15) is 36.0 Å². The van der Waals surface area contributed by atoms with Gasteiger partial charge in [0.2, 0.25) is 11.8 Å². The Morgan fingerprint density at radius 1 is 1.32 bits per heavy atom. The summed E-state index contributed by atoms with van der Waals surface area (Å²) in [4.78, 5) is 12.3. The first kappa shape index (κ1) is 18.6. The summed E-state index contributed by atoms with van der Waals surface area (Å²) >= 11 is 1.17. The van der Waals surface area contributed by atoms with Crippen LogP contribution >= 0.6 is 11.8 Å². The highest BCUT2D eigenvalue weighted by Gasteiger charge is 2.26. The fourth-order valence-corrected chi connectivity index (χ4v) is 3.91. The minimum atomic E-state index is -0.659. The summed E-state index contributed by atoms with van der Waals surface area (Å²) in [6.07, 6.45) is 3.97. The molecule has 4 rings (SSSR count). The van der Waals surface area contributed by atoms with E-state index in [9.17, 15) is 13.6 Å². The molecule has 28 heavy (non-hydrogen) atoms. The number of hydrogen-bond acceptors (Lipinski definition) is 6. The first-order chi connectivity index (χ1) is 13.5. The molecule has 2 aromatic heterocycles. The molecule has 0 spiro atoms. The molecule has 0 radical (unpaired) electrons. The van der Waals surface area contributed by atoms with Crippen LogP contribution in [0.15, 0.2) is 34.0 Å². The second kappa shape index (κ2) is 7.70. The van der Waals surface area contributed by atoms with E-state index in [0.717, 1.165) is 36.6 Å². The van der Waals surface area contributed by atoms with Gasteiger partial charge in [-0.3, -0.25) is 4.79 Å². The Balaban J connectivity index is 1.48. The van der Waals surface area contributed by atoms with Gasteiger partial charge in [-0.25, -0.2) is 13.5 Å². The van der Waals surface area contributed by atoms with E-state index in [-0.39, 0.29) is 17.7 Å². The maximum absolute atomic E-state index is 13.6. The first-order valence-corrected chi connectivity index (χ1v) is 9.73. The number of benzene rings is 1. The lowest BCUT2D eigenvalue weighted by Gasteiger charge is -2.24. The quantitative estimate of drug-likeness (QED) is 0.657. The zero-order valence-electron chi connectivity index (χ0n) is 15.0. The molecule has 1 amide bonds. The monoisotopic (exact) mass is 405 g/mol. The third-order valence-corrected chi connectivity index (χ3v) is 5.26. The number of carbonyl (C=O) groups is 1. The highest BCUT2D eigenvalue weighted by Crippen LogP contribution is 2.31. The van der Waals surface area contributed by atoms with Crippen molar-refractivity contribution in [3.05, 3.63) is 53.2 Å². The molecule has 2 heterocycles. The zero-order chi connectivity index (χ0) is 19.7. The number of thioether (sulfide) groups is 1. The molecule has 1 aliphatic rings. The lowest BCUT2D eigenvalue weighted by atomic mass is 9.93. The Hall–Kier alpha value is -2.75. The summed E-state index contributed by atoms with van der Waals surface area (Å²) in [7, 11) is 0. The van der Waals surface area contributed by atoms with Gasteiger partial charge in [-0.2, -0.15) is 5.10 Å². The molecule has 0 fully saturated rings. The molecule has 0 aliphatic heterocycles. The zero-order valence-corrected chi connectivity index (χ0v) is 15.8. The normalized spacial score (nSPS) is 16.0. The number of rotatable bonds is 5. The molecule has 0 saturated carbocycles. The average molecular weight is 405 g/mol. The van der Waals surface area contributed by atoms with Crippen molar-refractivity contribution in [3.63, 3.8) is 0 Å². The van der Waals surface area contributed by atoms with Gasteiger partial charge in [0, 0.05) is 24.2 Å². The van der Waals surface area contributed by atoms with E-state index in [4.69, 9.17) is 4.42 Å². The number of amides is 1. The number of halogens is 2. The Morgan fingerprint density at radius 2 is 2.11 bits per heavy atom. The molecule has 7 nitrogen and oxygen atoms in total. The van der Waals surface area contributed by atoms with Crippen LogP contribution in [0.25, 0.3) is 5.69 Å². The van der Waals surface area contributed by atoms with Crippen LogP contribution in [0.3, 0.4) is 0 Å². The Kier molecular flexibility index (Phi) is 5.12. The number of carbonyl (C=O) groups excluding carboxylic acids is 1. The first-order valence-electron chi connectivity index (χ1n) is 8.75. The summed E-state index contributed by atoms with van der Waals surface area (Å²) in [6.45, 7) is 1.68. The number of nitrogens with one attached hydrogen (secondary N) is 1. The SMILES string of the molecule is Cc1nnc(SCC(=O)N[C@H]2CCCc3c2cnn3-c2cc(F)cc(F)c2)o1. The van der Waals surface area contributed by atoms with Gasteiger partial charge in [0.15, 0.2) is 0 Å². The van der Waals surface area contributed by atoms with Gasteiger partial charge < -0.3 is 9.73 Å². The minimum absolute atomic E-state index is 0.150. The third-order valence-electron chi connectivity index (χ3n) is 4.44. The Morgan fingerprint density at radius 3 is 2.82 bits per heavy atom. The molecule has 0 bridgehead atoms. The third kappa shape index (κ3) is 3.91. The number of nitrogens with zero attached hydrogens (tertiary/aromatic N) is 4. The minimum Gasteiger partial charge on any atom is -0.416 e. The largest absolute Gasteiger partial charge is 0.416 e. The van der Waals surface area contributed by atoms with Gasteiger partial charge in [0.25, 0.3) is 5.22 Å². The van der Waals surface area contributed by atoms with Crippen molar-refractivity contribution in [3.8, 4) is 5.69 Å². The van der Waals surface area contributed by atoms with E-state index in [0.29, 0.717) is 16.8 Å². The molecule has 3 aromatic rings. The van der Waals surface area contributed by atoms with Crippen LogP contribution in [0.5, 0.6) is 0 Å². The topological polar surface area (TPSA) is 85.8 Å². The van der Waals surface area contributed by atoms with E-state index < -0.39 is 11.6 Å². The van der Waals surface area contributed by atoms with Crippen molar-refractivity contribution < 1.29 is 18.0 Å². The number of aryl methyl sites for hydroxylation is 1. The highest BCUT2D eigenvalue weighted by molar-refractivity contribution is 7.99. The van der Waals surface area contributed by atoms with Crippen molar-refractivity contribution >= 4 is 17.7 Å². The van der Waals surface area contributed by atoms with Crippen LogP contribution in [-0.2, 0) is 11.2 Å². The molecule has 1 aromatic carbocycles. The van der Waals surface area contributed by atoms with Crippen molar-refractivity contribution in [1.82, 2.24) is 25.3 Å². The van der Waals surface area contributed by atoms with Crippen molar-refractivity contribution in [2.75, 3.05) is 5.75 Å². The summed E-state index contributed by atoms with van der Waals surface area (Å²) in [5.41, 5.74) is 2.04. The molecule has 0 saturated heterocycles. The second-order valence-corrected chi connectivity index (χ2v) is 7.40. The summed E-state index contributed by atoms with van der Waals surface area (Å²) < 4.78 is 33.9. The van der Waals surface area contributed by atoms with Gasteiger partial charge in [-0.05, 0) is 31.4 Å². The molecule has 0 unspecified atom stereocenters. The molecule has 1 atom stereocenters. The molecular weight excluding hydrogens is 388 g/mol. The van der Waals surface area contributed by atoms with Gasteiger partial charge in [0.05, 0.1) is 23.7 Å². The highest BCUT2D eigenvalue weighted by atomic mass is 32.2. The lowest BCUT2D eigenvalue weighted by Crippen LogP contribution is -2.32. The van der Waals surface area contributed by atoms with Crippen LogP contribution in [0.2, 0.25) is 0 Å². The average Bonchev–Trinajstić information content (AvgIpc) is 3.26. The molecule has 146 valence electrons. The Labute approximate surface area is 163 Å². The van der Waals surface area contributed by atoms with Crippen molar-refractivity contribution in [2.24, 2.45) is 0 Å². The lowest BCUT2D eigenvalue weighted by molar-refractivity contribution is -0.119. The van der Waals surface area contributed by atoms with Gasteiger partial charge in [0.1, 0.15) is 11.6 Å². The smallest absolute Gasteiger partial charge is 0.277 e. The fraction of sp³-hybridized carbons (Fsp3) is 0.333. The van der Waals surface area contributed by atoms with Gasteiger partial charge in [-0.15, -0.1) is 10.2 Å². The maximum Gasteiger partial charge on any atom is 0.277 e. The predicted octanol–water partition coefficient (Wildman–Crippen LogP) is 3.13. The molecule has 1 aliphatic carbocycles. The van der Waals surface area contributed by atoms with E-state index in [2.05, 4.69) is 20.6 Å². The van der Waals surface area contributed by atoms with Crippen LogP contribution in [0, 0.1) is 18.6 Å². The van der Waals surface area contributed by atoms with E-state index in [1.54, 1.807) is 13.1 Å². The van der Waals surface area contributed by atoms with Gasteiger partial charge >= 0.3 is 0 Å². The second-order valence-electron chi connectivity index (χ2n) is 6.47. The molecular formula is C18H17F2N5O2S. The summed E-state index contributed by atoms with van der Waals surface area (Å²) in [5, 5.41) is 15.2.